The molecule has 0 bridgehead atoms. The van der Waals surface area contributed by atoms with Gasteiger partial charge in [-0.25, -0.2) is 27.7 Å². The molecular formula is C22H27ClN6O2S. The maximum absolute atomic E-state index is 12.5. The number of anilines is 1. The normalized spacial score (nSPS) is 22.3. The number of hydrogen-bond donors (Lipinski definition) is 1. The van der Waals surface area contributed by atoms with E-state index in [2.05, 4.69) is 31.8 Å². The van der Waals surface area contributed by atoms with Gasteiger partial charge >= 0.3 is 0 Å². The maximum atomic E-state index is 12.5. The first-order valence-electron chi connectivity index (χ1n) is 11.1. The highest BCUT2D eigenvalue weighted by Crippen LogP contribution is 2.37. The summed E-state index contributed by atoms with van der Waals surface area (Å²) in [6.07, 6.45) is 6.07. The molecule has 170 valence electrons. The van der Waals surface area contributed by atoms with Crippen molar-refractivity contribution in [2.45, 2.75) is 51.6 Å². The van der Waals surface area contributed by atoms with Crippen LogP contribution in [0.25, 0.3) is 11.0 Å². The fraction of sp³-hybridized carbons (Fsp3) is 0.500. The molecule has 0 amide bonds. The van der Waals surface area contributed by atoms with Crippen molar-refractivity contribution >= 4 is 38.3 Å². The van der Waals surface area contributed by atoms with Crippen LogP contribution in [-0.2, 0) is 23.0 Å². The molecule has 10 heteroatoms. The maximum Gasteiger partial charge on any atom is 0.213 e. The molecule has 0 aromatic carbocycles. The van der Waals surface area contributed by atoms with Gasteiger partial charge in [0, 0.05) is 55.2 Å². The molecular weight excluding hydrogens is 448 g/mol. The van der Waals surface area contributed by atoms with Gasteiger partial charge in [-0.3, -0.25) is 0 Å². The van der Waals surface area contributed by atoms with Crippen LogP contribution in [0.3, 0.4) is 0 Å². The molecule has 3 aromatic rings. The van der Waals surface area contributed by atoms with Crippen LogP contribution in [-0.4, -0.2) is 57.5 Å². The Balaban J connectivity index is 1.52. The van der Waals surface area contributed by atoms with Crippen molar-refractivity contribution in [1.29, 1.82) is 0 Å². The Morgan fingerprint density at radius 2 is 2.16 bits per heavy atom. The van der Waals surface area contributed by atoms with Crippen LogP contribution in [0, 0.1) is 0 Å². The molecule has 1 saturated heterocycles. The van der Waals surface area contributed by atoms with Crippen molar-refractivity contribution in [2.24, 2.45) is 0 Å². The summed E-state index contributed by atoms with van der Waals surface area (Å²) < 4.78 is 26.6. The second-order valence-electron chi connectivity index (χ2n) is 8.67. The van der Waals surface area contributed by atoms with Gasteiger partial charge in [-0.1, -0.05) is 11.6 Å². The van der Waals surface area contributed by atoms with Gasteiger partial charge in [0.25, 0.3) is 0 Å². The molecule has 8 nitrogen and oxygen atoms in total. The van der Waals surface area contributed by atoms with E-state index in [1.165, 1.54) is 0 Å². The smallest absolute Gasteiger partial charge is 0.213 e. The lowest BCUT2D eigenvalue weighted by Gasteiger charge is -2.39. The lowest BCUT2D eigenvalue weighted by atomic mass is 9.88. The zero-order chi connectivity index (χ0) is 22.5. The third-order valence-electron chi connectivity index (χ3n) is 6.73. The molecule has 0 spiro atoms. The number of rotatable bonds is 4. The van der Waals surface area contributed by atoms with Gasteiger partial charge < -0.3 is 9.88 Å². The van der Waals surface area contributed by atoms with E-state index in [1.807, 2.05) is 18.3 Å². The third kappa shape index (κ3) is 3.76. The molecule has 5 rings (SSSR count). The van der Waals surface area contributed by atoms with E-state index in [-0.39, 0.29) is 17.7 Å². The number of sulfonamides is 1. The SMILES string of the molecule is CCS(=O)(=O)N1CCCC(c2ncnc3c2CN(c2cc(Cl)nc4[nH]ccc24)[C@H](C)C3)C1. The average molecular weight is 475 g/mol. The number of halogens is 1. The van der Waals surface area contributed by atoms with E-state index >= 15 is 0 Å². The first-order chi connectivity index (χ1) is 15.4. The first-order valence-corrected chi connectivity index (χ1v) is 13.1. The number of H-pyrrole nitrogens is 1. The van der Waals surface area contributed by atoms with Crippen molar-refractivity contribution in [2.75, 3.05) is 23.7 Å². The number of nitrogens with one attached hydrogen (secondary N) is 1. The molecule has 32 heavy (non-hydrogen) atoms. The monoisotopic (exact) mass is 474 g/mol. The standard InChI is InChI=1S/C22H27ClN6O2S/c1-3-32(30,31)28-8-4-5-15(11-28)21-17-12-29(14(2)9-18(17)25-13-26-21)19-10-20(23)27-22-16(19)6-7-24-22/h6-7,10,13-15H,3-5,8-9,11-12H2,1-2H3,(H,24,27)/t14-,15?/m1/s1. The van der Waals surface area contributed by atoms with E-state index in [9.17, 15) is 8.42 Å². The molecule has 0 radical (unpaired) electrons. The topological polar surface area (TPSA) is 95.1 Å². The van der Waals surface area contributed by atoms with Gasteiger partial charge in [0.05, 0.1) is 22.8 Å². The zero-order valence-corrected chi connectivity index (χ0v) is 19.8. The average Bonchev–Trinajstić information content (AvgIpc) is 3.26. The van der Waals surface area contributed by atoms with Gasteiger partial charge in [0.15, 0.2) is 0 Å². The number of fused-ring (bicyclic) bond motifs is 2. The fourth-order valence-electron chi connectivity index (χ4n) is 5.03. The molecule has 2 aliphatic heterocycles. The van der Waals surface area contributed by atoms with Crippen LogP contribution in [0.4, 0.5) is 5.69 Å². The molecule has 2 aliphatic rings. The van der Waals surface area contributed by atoms with Crippen LogP contribution >= 0.6 is 11.6 Å². The van der Waals surface area contributed by atoms with E-state index in [1.54, 1.807) is 17.6 Å². The minimum atomic E-state index is -3.21. The molecule has 5 heterocycles. The predicted octanol–water partition coefficient (Wildman–Crippen LogP) is 3.49. The zero-order valence-electron chi connectivity index (χ0n) is 18.3. The van der Waals surface area contributed by atoms with Crippen LogP contribution in [0.1, 0.15) is 49.6 Å². The molecule has 0 aliphatic carbocycles. The Kier molecular flexibility index (Phi) is 5.59. The number of nitrogens with zero attached hydrogens (tertiary/aromatic N) is 5. The van der Waals surface area contributed by atoms with Crippen molar-refractivity contribution in [3.63, 3.8) is 0 Å². The van der Waals surface area contributed by atoms with Gasteiger partial charge in [0.2, 0.25) is 10.0 Å². The Morgan fingerprint density at radius 1 is 1.31 bits per heavy atom. The Hall–Kier alpha value is -2.23. The summed E-state index contributed by atoms with van der Waals surface area (Å²) in [4.78, 5) is 19.1. The lowest BCUT2D eigenvalue weighted by molar-refractivity contribution is 0.311. The lowest BCUT2D eigenvalue weighted by Crippen LogP contribution is -2.42. The largest absolute Gasteiger partial charge is 0.363 e. The summed E-state index contributed by atoms with van der Waals surface area (Å²) in [5.74, 6) is 0.202. The highest BCUT2D eigenvalue weighted by atomic mass is 35.5. The van der Waals surface area contributed by atoms with Crippen LogP contribution in [0.2, 0.25) is 5.15 Å². The summed E-state index contributed by atoms with van der Waals surface area (Å²) in [7, 11) is -3.21. The first kappa shape index (κ1) is 21.6. The number of aromatic nitrogens is 4. The van der Waals surface area contributed by atoms with Gasteiger partial charge in [-0.15, -0.1) is 0 Å². The molecule has 0 saturated carbocycles. The van der Waals surface area contributed by atoms with Crippen LogP contribution < -0.4 is 4.90 Å². The van der Waals surface area contributed by atoms with Crippen LogP contribution in [0.5, 0.6) is 0 Å². The molecule has 2 atom stereocenters. The summed E-state index contributed by atoms with van der Waals surface area (Å²) in [6.45, 7) is 5.62. The van der Waals surface area contributed by atoms with E-state index in [4.69, 9.17) is 11.6 Å². The van der Waals surface area contributed by atoms with E-state index in [0.717, 1.165) is 52.9 Å². The highest BCUT2D eigenvalue weighted by molar-refractivity contribution is 7.89. The minimum Gasteiger partial charge on any atom is -0.363 e. The van der Waals surface area contributed by atoms with Crippen molar-refractivity contribution in [3.8, 4) is 0 Å². The van der Waals surface area contributed by atoms with Gasteiger partial charge in [0.1, 0.15) is 17.1 Å². The highest BCUT2D eigenvalue weighted by Gasteiger charge is 2.34. The predicted molar refractivity (Wildman–Crippen MR) is 125 cm³/mol. The number of piperidine rings is 1. The summed E-state index contributed by atoms with van der Waals surface area (Å²) in [5.41, 5.74) is 4.95. The van der Waals surface area contributed by atoms with E-state index in [0.29, 0.717) is 24.8 Å². The van der Waals surface area contributed by atoms with Crippen molar-refractivity contribution in [1.82, 2.24) is 24.2 Å². The summed E-state index contributed by atoms with van der Waals surface area (Å²) in [5, 5.41) is 1.48. The molecule has 1 N–H and O–H groups in total. The van der Waals surface area contributed by atoms with Crippen molar-refractivity contribution in [3.05, 3.63) is 46.8 Å². The summed E-state index contributed by atoms with van der Waals surface area (Å²) in [6, 6.07) is 4.16. The van der Waals surface area contributed by atoms with E-state index < -0.39 is 10.0 Å². The second kappa shape index (κ2) is 8.28. The third-order valence-corrected chi connectivity index (χ3v) is 8.77. The minimum absolute atomic E-state index is 0.0744. The number of hydrogen-bond acceptors (Lipinski definition) is 6. The molecule has 1 fully saturated rings. The second-order valence-corrected chi connectivity index (χ2v) is 11.3. The Morgan fingerprint density at radius 3 is 2.97 bits per heavy atom. The van der Waals surface area contributed by atoms with Gasteiger partial charge in [-0.05, 0) is 38.8 Å². The Bertz CT molecular complexity index is 1260. The fourth-order valence-corrected chi connectivity index (χ4v) is 6.40. The summed E-state index contributed by atoms with van der Waals surface area (Å²) >= 11 is 6.33. The van der Waals surface area contributed by atoms with Gasteiger partial charge in [-0.2, -0.15) is 0 Å². The number of pyridine rings is 1. The van der Waals surface area contributed by atoms with Crippen LogP contribution in [0.15, 0.2) is 24.7 Å². The Labute approximate surface area is 193 Å². The number of aromatic amines is 1. The quantitative estimate of drug-likeness (QED) is 0.581. The van der Waals surface area contributed by atoms with Crippen molar-refractivity contribution < 1.29 is 8.42 Å². The molecule has 3 aromatic heterocycles. The molecule has 1 unspecified atom stereocenters.